The molecule has 2 rings (SSSR count). The van der Waals surface area contributed by atoms with Gasteiger partial charge in [0, 0.05) is 25.4 Å². The van der Waals surface area contributed by atoms with Crippen molar-refractivity contribution in [1.82, 2.24) is 10.2 Å². The molecule has 0 aliphatic carbocycles. The van der Waals surface area contributed by atoms with Gasteiger partial charge in [0.2, 0.25) is 0 Å². The van der Waals surface area contributed by atoms with Gasteiger partial charge in [0.25, 0.3) is 0 Å². The summed E-state index contributed by atoms with van der Waals surface area (Å²) in [6.07, 6.45) is 0. The van der Waals surface area contributed by atoms with Crippen LogP contribution in [0.1, 0.15) is 5.56 Å². The maximum absolute atomic E-state index is 12.8. The maximum atomic E-state index is 12.8. The minimum Gasteiger partial charge on any atom is -0.468 e. The number of hydrogen-bond acceptors (Lipinski definition) is 4. The van der Waals surface area contributed by atoms with Crippen molar-refractivity contribution in [2.45, 2.75) is 11.8 Å². The lowest BCUT2D eigenvalue weighted by atomic mass is 10.2. The monoisotopic (exact) mass is 328 g/mol. The second-order valence-corrected chi connectivity index (χ2v) is 6.31. The van der Waals surface area contributed by atoms with Crippen LogP contribution >= 0.6 is 24.0 Å². The van der Waals surface area contributed by atoms with Crippen LogP contribution in [0, 0.1) is 5.82 Å². The number of halogens is 1. The third kappa shape index (κ3) is 4.57. The van der Waals surface area contributed by atoms with E-state index in [4.69, 9.17) is 17.0 Å². The summed E-state index contributed by atoms with van der Waals surface area (Å²) in [6.45, 7) is 1.88. The fourth-order valence-electron chi connectivity index (χ4n) is 2.00. The number of benzene rings is 1. The SMILES string of the molecule is COC(=O)[C@@H]1CN(C(=S)NCc2ccc(F)cc2)CCS1. The molecular formula is C14H17FN2O2S2. The molecular weight excluding hydrogens is 311 g/mol. The van der Waals surface area contributed by atoms with E-state index in [1.165, 1.54) is 19.2 Å². The topological polar surface area (TPSA) is 41.6 Å². The van der Waals surface area contributed by atoms with Crippen molar-refractivity contribution in [3.8, 4) is 0 Å². The molecule has 7 heteroatoms. The van der Waals surface area contributed by atoms with Crippen molar-refractivity contribution in [3.05, 3.63) is 35.6 Å². The van der Waals surface area contributed by atoms with Crippen LogP contribution in [0.3, 0.4) is 0 Å². The maximum Gasteiger partial charge on any atom is 0.320 e. The van der Waals surface area contributed by atoms with E-state index in [0.29, 0.717) is 18.2 Å². The van der Waals surface area contributed by atoms with Gasteiger partial charge in [-0.05, 0) is 29.9 Å². The van der Waals surface area contributed by atoms with Gasteiger partial charge in [-0.25, -0.2) is 4.39 Å². The zero-order chi connectivity index (χ0) is 15.2. The van der Waals surface area contributed by atoms with Gasteiger partial charge in [-0.15, -0.1) is 11.8 Å². The Morgan fingerprint density at radius 1 is 1.52 bits per heavy atom. The number of nitrogens with one attached hydrogen (secondary N) is 1. The largest absolute Gasteiger partial charge is 0.468 e. The van der Waals surface area contributed by atoms with Crippen molar-refractivity contribution in [2.75, 3.05) is 26.0 Å². The molecule has 1 heterocycles. The van der Waals surface area contributed by atoms with E-state index in [-0.39, 0.29) is 17.0 Å². The molecule has 1 atom stereocenters. The molecule has 4 nitrogen and oxygen atoms in total. The molecule has 0 radical (unpaired) electrons. The molecule has 0 amide bonds. The molecule has 1 aromatic rings. The van der Waals surface area contributed by atoms with E-state index >= 15 is 0 Å². The van der Waals surface area contributed by atoms with Gasteiger partial charge in [0.1, 0.15) is 11.1 Å². The lowest BCUT2D eigenvalue weighted by Crippen LogP contribution is -2.48. The summed E-state index contributed by atoms with van der Waals surface area (Å²) >= 11 is 6.94. The Morgan fingerprint density at radius 3 is 2.90 bits per heavy atom. The van der Waals surface area contributed by atoms with Gasteiger partial charge < -0.3 is 15.0 Å². The van der Waals surface area contributed by atoms with Crippen molar-refractivity contribution in [2.24, 2.45) is 0 Å². The molecule has 0 aromatic heterocycles. The van der Waals surface area contributed by atoms with Gasteiger partial charge in [-0.2, -0.15) is 0 Å². The van der Waals surface area contributed by atoms with E-state index in [2.05, 4.69) is 5.32 Å². The Bertz CT molecular complexity index is 510. The summed E-state index contributed by atoms with van der Waals surface area (Å²) in [6, 6.07) is 6.28. The highest BCUT2D eigenvalue weighted by atomic mass is 32.2. The lowest BCUT2D eigenvalue weighted by molar-refractivity contribution is -0.140. The average molecular weight is 328 g/mol. The van der Waals surface area contributed by atoms with Crippen LogP contribution in [-0.4, -0.2) is 47.2 Å². The minimum atomic E-state index is -0.254. The molecule has 1 aliphatic rings. The number of nitrogens with zero attached hydrogens (tertiary/aromatic N) is 1. The Labute approximate surface area is 133 Å². The van der Waals surface area contributed by atoms with Crippen molar-refractivity contribution in [1.29, 1.82) is 0 Å². The van der Waals surface area contributed by atoms with E-state index in [0.717, 1.165) is 17.9 Å². The number of methoxy groups -OCH3 is 1. The molecule has 0 unspecified atom stereocenters. The summed E-state index contributed by atoms with van der Waals surface area (Å²) in [7, 11) is 1.40. The van der Waals surface area contributed by atoms with Crippen LogP contribution in [0.15, 0.2) is 24.3 Å². The summed E-state index contributed by atoms with van der Waals surface area (Å²) in [5, 5.41) is 3.54. The summed E-state index contributed by atoms with van der Waals surface area (Å²) in [5.74, 6) is 0.360. The number of rotatable bonds is 3. The first-order chi connectivity index (χ1) is 10.1. The summed E-state index contributed by atoms with van der Waals surface area (Å²) in [4.78, 5) is 13.5. The molecule has 0 saturated carbocycles. The molecule has 114 valence electrons. The number of ether oxygens (including phenoxy) is 1. The number of esters is 1. The number of thiocarbonyl (C=S) groups is 1. The summed E-state index contributed by atoms with van der Waals surface area (Å²) in [5.41, 5.74) is 0.953. The predicted molar refractivity (Wildman–Crippen MR) is 85.7 cm³/mol. The first-order valence-electron chi connectivity index (χ1n) is 6.57. The van der Waals surface area contributed by atoms with Crippen LogP contribution in [0.2, 0.25) is 0 Å². The standard InChI is InChI=1S/C14H17FN2O2S2/c1-19-13(18)12-9-17(6-7-21-12)14(20)16-8-10-2-4-11(15)5-3-10/h2-5,12H,6-9H2,1H3,(H,16,20)/t12-/m0/s1. The Hall–Kier alpha value is -1.34. The normalized spacial score (nSPS) is 18.2. The zero-order valence-corrected chi connectivity index (χ0v) is 13.3. The van der Waals surface area contributed by atoms with E-state index < -0.39 is 0 Å². The number of carbonyl (C=O) groups is 1. The molecule has 21 heavy (non-hydrogen) atoms. The number of hydrogen-bond donors (Lipinski definition) is 1. The molecule has 1 aliphatic heterocycles. The van der Waals surface area contributed by atoms with Crippen LogP contribution in [0.4, 0.5) is 4.39 Å². The van der Waals surface area contributed by atoms with Crippen LogP contribution in [-0.2, 0) is 16.1 Å². The van der Waals surface area contributed by atoms with Crippen LogP contribution < -0.4 is 5.32 Å². The third-order valence-electron chi connectivity index (χ3n) is 3.17. The quantitative estimate of drug-likeness (QED) is 0.674. The molecule has 1 saturated heterocycles. The Morgan fingerprint density at radius 2 is 2.24 bits per heavy atom. The highest BCUT2D eigenvalue weighted by molar-refractivity contribution is 8.00. The first-order valence-corrected chi connectivity index (χ1v) is 8.02. The molecule has 1 aromatic carbocycles. The van der Waals surface area contributed by atoms with E-state index in [1.54, 1.807) is 23.9 Å². The van der Waals surface area contributed by atoms with Gasteiger partial charge in [-0.3, -0.25) is 4.79 Å². The number of thioether (sulfide) groups is 1. The van der Waals surface area contributed by atoms with Gasteiger partial charge in [0.15, 0.2) is 5.11 Å². The fourth-order valence-corrected chi connectivity index (χ4v) is 3.37. The lowest BCUT2D eigenvalue weighted by Gasteiger charge is -2.33. The molecule has 1 N–H and O–H groups in total. The highest BCUT2D eigenvalue weighted by Crippen LogP contribution is 2.19. The van der Waals surface area contributed by atoms with Gasteiger partial charge in [-0.1, -0.05) is 12.1 Å². The Kier molecular flexibility index (Phi) is 5.81. The van der Waals surface area contributed by atoms with E-state index in [1.807, 2.05) is 4.90 Å². The minimum absolute atomic E-state index is 0.200. The van der Waals surface area contributed by atoms with Crippen LogP contribution in [0.5, 0.6) is 0 Å². The average Bonchev–Trinajstić information content (AvgIpc) is 2.53. The van der Waals surface area contributed by atoms with Crippen molar-refractivity contribution >= 4 is 35.1 Å². The smallest absolute Gasteiger partial charge is 0.320 e. The third-order valence-corrected chi connectivity index (χ3v) is 4.74. The zero-order valence-electron chi connectivity index (χ0n) is 11.7. The first kappa shape index (κ1) is 16.0. The fraction of sp³-hybridized carbons (Fsp3) is 0.429. The van der Waals surface area contributed by atoms with E-state index in [9.17, 15) is 9.18 Å². The second kappa shape index (κ2) is 7.61. The molecule has 0 spiro atoms. The van der Waals surface area contributed by atoms with Gasteiger partial charge in [0.05, 0.1) is 7.11 Å². The Balaban J connectivity index is 1.85. The molecule has 0 bridgehead atoms. The predicted octanol–water partition coefficient (Wildman–Crippen LogP) is 1.79. The van der Waals surface area contributed by atoms with Gasteiger partial charge >= 0.3 is 5.97 Å². The van der Waals surface area contributed by atoms with Crippen molar-refractivity contribution < 1.29 is 13.9 Å². The molecule has 1 fully saturated rings. The highest BCUT2D eigenvalue weighted by Gasteiger charge is 2.28. The number of carbonyl (C=O) groups excluding carboxylic acids is 1. The summed E-state index contributed by atoms with van der Waals surface area (Å²) < 4.78 is 17.6. The van der Waals surface area contributed by atoms with Crippen LogP contribution in [0.25, 0.3) is 0 Å². The van der Waals surface area contributed by atoms with Crippen molar-refractivity contribution in [3.63, 3.8) is 0 Å². The second-order valence-electron chi connectivity index (χ2n) is 4.61.